The minimum atomic E-state index is -4.36. The number of hydrogen-bond acceptors (Lipinski definition) is 5. The predicted octanol–water partition coefficient (Wildman–Crippen LogP) is 22.7. The average Bonchev–Trinajstić information content (AvgIpc) is 3.49. The fourth-order valence-corrected chi connectivity index (χ4v) is 11.1. The van der Waals surface area contributed by atoms with Gasteiger partial charge in [0.05, 0.1) is 39.9 Å². The van der Waals surface area contributed by atoms with Crippen LogP contribution in [0.15, 0.2) is 85.1 Å². The van der Waals surface area contributed by atoms with Crippen molar-refractivity contribution in [3.05, 3.63) is 85.1 Å². The number of carbonyl (C=O) groups is 1. The third kappa shape index (κ3) is 67.1. The fourth-order valence-electron chi connectivity index (χ4n) is 10.4. The summed E-state index contributed by atoms with van der Waals surface area (Å²) in [4.78, 5) is 23.4. The van der Waals surface area contributed by atoms with Crippen LogP contribution in [0.2, 0.25) is 0 Å². The summed E-state index contributed by atoms with van der Waals surface area (Å²) in [7, 11) is 1.56. The summed E-state index contributed by atoms with van der Waals surface area (Å²) in [5.41, 5.74) is 0. The van der Waals surface area contributed by atoms with Gasteiger partial charge in [-0.1, -0.05) is 330 Å². The van der Waals surface area contributed by atoms with Gasteiger partial charge in [-0.3, -0.25) is 13.8 Å². The molecule has 0 aliphatic carbocycles. The monoisotopic (exact) mass is 1180 g/mol. The second-order valence-electron chi connectivity index (χ2n) is 25.2. The van der Waals surface area contributed by atoms with Gasteiger partial charge in [0.2, 0.25) is 5.91 Å². The van der Waals surface area contributed by atoms with E-state index in [2.05, 4.69) is 92.1 Å². The first-order chi connectivity index (χ1) is 40.5. The molecule has 484 valence electrons. The topological polar surface area (TPSA) is 105 Å². The lowest BCUT2D eigenvalue weighted by atomic mass is 10.0. The summed E-state index contributed by atoms with van der Waals surface area (Å²) < 4.78 is 23.8. The summed E-state index contributed by atoms with van der Waals surface area (Å²) in [6, 6.07) is -0.867. The van der Waals surface area contributed by atoms with E-state index in [1.54, 1.807) is 6.08 Å². The number of carbonyl (C=O) groups excluding carboxylic acids is 1. The summed E-state index contributed by atoms with van der Waals surface area (Å²) in [5, 5.41) is 14.0. The zero-order chi connectivity index (χ0) is 60.5. The van der Waals surface area contributed by atoms with Crippen molar-refractivity contribution in [1.29, 1.82) is 0 Å². The first kappa shape index (κ1) is 80.7. The van der Waals surface area contributed by atoms with Gasteiger partial charge >= 0.3 is 7.82 Å². The Morgan fingerprint density at radius 1 is 0.422 bits per heavy atom. The van der Waals surface area contributed by atoms with Crippen LogP contribution in [0.25, 0.3) is 0 Å². The molecule has 83 heavy (non-hydrogen) atoms. The minimum absolute atomic E-state index is 0.0552. The summed E-state index contributed by atoms with van der Waals surface area (Å²) in [5.74, 6) is -0.183. The molecule has 0 aromatic carbocycles. The number of allylic oxidation sites excluding steroid dienone is 13. The van der Waals surface area contributed by atoms with Crippen LogP contribution in [-0.2, 0) is 18.4 Å². The Morgan fingerprint density at radius 2 is 0.735 bits per heavy atom. The van der Waals surface area contributed by atoms with Crippen LogP contribution < -0.4 is 5.32 Å². The van der Waals surface area contributed by atoms with E-state index in [4.69, 9.17) is 9.05 Å². The van der Waals surface area contributed by atoms with E-state index < -0.39 is 20.0 Å². The van der Waals surface area contributed by atoms with Crippen molar-refractivity contribution in [1.82, 2.24) is 5.32 Å². The van der Waals surface area contributed by atoms with E-state index >= 15 is 0 Å². The van der Waals surface area contributed by atoms with Crippen molar-refractivity contribution in [3.63, 3.8) is 0 Å². The molecule has 0 bridgehead atoms. The number of amides is 1. The molecule has 8 nitrogen and oxygen atoms in total. The van der Waals surface area contributed by atoms with Gasteiger partial charge in [0.1, 0.15) is 13.2 Å². The van der Waals surface area contributed by atoms with Crippen molar-refractivity contribution < 1.29 is 32.9 Å². The number of aliphatic hydroxyl groups is 1. The fraction of sp³-hybridized carbons (Fsp3) is 0.797. The number of unbranched alkanes of at least 4 members (excludes halogenated alkanes) is 40. The van der Waals surface area contributed by atoms with E-state index in [0.717, 1.165) is 70.6 Å². The van der Waals surface area contributed by atoms with Crippen molar-refractivity contribution in [2.24, 2.45) is 0 Å². The number of aliphatic hydroxyl groups excluding tert-OH is 1. The number of nitrogens with one attached hydrogen (secondary N) is 1. The number of hydrogen-bond donors (Lipinski definition) is 3. The Labute approximate surface area is 516 Å². The zero-order valence-corrected chi connectivity index (χ0v) is 56.3. The molecular formula is C74H138N2O6P+. The number of phosphoric ester groups is 1. The molecule has 0 saturated heterocycles. The van der Waals surface area contributed by atoms with Gasteiger partial charge in [0, 0.05) is 6.42 Å². The molecule has 3 unspecified atom stereocenters. The van der Waals surface area contributed by atoms with Gasteiger partial charge in [-0.05, 0) is 77.0 Å². The molecule has 1 amide bonds. The number of quaternary nitrogens is 1. The molecule has 3 N–H and O–H groups in total. The molecule has 0 aliphatic heterocycles. The highest BCUT2D eigenvalue weighted by molar-refractivity contribution is 7.47. The summed E-state index contributed by atoms with van der Waals surface area (Å²) in [6.07, 6.45) is 91.7. The van der Waals surface area contributed by atoms with Crippen LogP contribution in [0.4, 0.5) is 0 Å². The van der Waals surface area contributed by atoms with Crippen molar-refractivity contribution >= 4 is 13.7 Å². The van der Waals surface area contributed by atoms with Gasteiger partial charge in [0.25, 0.3) is 0 Å². The summed E-state index contributed by atoms with van der Waals surface area (Å²) >= 11 is 0. The Bertz CT molecular complexity index is 1630. The molecule has 0 saturated carbocycles. The van der Waals surface area contributed by atoms with Gasteiger partial charge < -0.3 is 19.8 Å². The maximum atomic E-state index is 13.1. The Balaban J connectivity index is 4.07. The van der Waals surface area contributed by atoms with Crippen molar-refractivity contribution in [2.75, 3.05) is 40.9 Å². The molecule has 0 aromatic heterocycles. The maximum Gasteiger partial charge on any atom is 0.472 e. The van der Waals surface area contributed by atoms with Crippen LogP contribution in [-0.4, -0.2) is 73.4 Å². The number of rotatable bonds is 65. The standard InChI is InChI=1S/C74H137N2O6P/c1-6-8-10-12-14-16-18-20-22-24-26-28-30-32-34-35-36-37-38-39-40-41-42-44-46-48-50-52-54-56-58-60-62-64-66-68-74(78)75-72(71-82-83(79,80)81-70-69-76(3,4)5)73(77)67-65-63-61-59-57-55-53-51-49-47-45-43-33-31-29-27-25-23-21-19-17-15-13-11-9-7-2/h8,10,14,16,20,22,26,28,32,34,57,59,65,67,72-73,77H,6-7,9,11-13,15,17-19,21,23-25,27,29-31,33,35-56,58,60-64,66,68-71H2,1-5H3,(H-,75,78,79,80)/p+1/b10-8-,16-14-,22-20-,28-26-,34-32-,59-57+,67-65+. The van der Waals surface area contributed by atoms with E-state index in [0.29, 0.717) is 17.4 Å². The van der Waals surface area contributed by atoms with E-state index in [1.807, 2.05) is 27.2 Å². The second-order valence-corrected chi connectivity index (χ2v) is 26.7. The molecule has 0 rings (SSSR count). The minimum Gasteiger partial charge on any atom is -0.387 e. The Morgan fingerprint density at radius 3 is 1.11 bits per heavy atom. The molecule has 0 spiro atoms. The maximum absolute atomic E-state index is 13.1. The van der Waals surface area contributed by atoms with Crippen LogP contribution in [0, 0.1) is 0 Å². The normalized spacial score (nSPS) is 14.2. The van der Waals surface area contributed by atoms with Gasteiger partial charge in [-0.15, -0.1) is 0 Å². The molecule has 0 heterocycles. The lowest BCUT2D eigenvalue weighted by Gasteiger charge is -2.25. The lowest BCUT2D eigenvalue weighted by molar-refractivity contribution is -0.870. The quantitative estimate of drug-likeness (QED) is 0.0243. The smallest absolute Gasteiger partial charge is 0.387 e. The largest absolute Gasteiger partial charge is 0.472 e. The lowest BCUT2D eigenvalue weighted by Crippen LogP contribution is -2.45. The third-order valence-electron chi connectivity index (χ3n) is 15.8. The van der Waals surface area contributed by atoms with E-state index in [1.165, 1.54) is 238 Å². The van der Waals surface area contributed by atoms with Gasteiger partial charge in [0.15, 0.2) is 0 Å². The second kappa shape index (κ2) is 64.2. The van der Waals surface area contributed by atoms with Crippen LogP contribution in [0.5, 0.6) is 0 Å². The number of likely N-dealkylation sites (N-methyl/N-ethyl adjacent to an activating group) is 1. The molecule has 3 atom stereocenters. The van der Waals surface area contributed by atoms with Gasteiger partial charge in [-0.25, -0.2) is 4.57 Å². The first-order valence-corrected chi connectivity index (χ1v) is 37.0. The van der Waals surface area contributed by atoms with Gasteiger partial charge in [-0.2, -0.15) is 0 Å². The van der Waals surface area contributed by atoms with Crippen molar-refractivity contribution in [3.8, 4) is 0 Å². The highest BCUT2D eigenvalue weighted by atomic mass is 31.2. The average molecular weight is 1180 g/mol. The first-order valence-electron chi connectivity index (χ1n) is 35.5. The molecule has 0 aromatic rings. The molecular weight excluding hydrogens is 1040 g/mol. The Hall–Kier alpha value is -2.32. The predicted molar refractivity (Wildman–Crippen MR) is 364 cm³/mol. The number of phosphoric acid groups is 1. The van der Waals surface area contributed by atoms with Crippen molar-refractivity contribution in [2.45, 2.75) is 341 Å². The molecule has 0 fully saturated rings. The molecule has 9 heteroatoms. The third-order valence-corrected chi connectivity index (χ3v) is 16.8. The molecule has 0 radical (unpaired) electrons. The van der Waals surface area contributed by atoms with Crippen LogP contribution >= 0.6 is 7.82 Å². The molecule has 0 aliphatic rings. The van der Waals surface area contributed by atoms with Crippen LogP contribution in [0.3, 0.4) is 0 Å². The summed E-state index contributed by atoms with van der Waals surface area (Å²) in [6.45, 7) is 4.72. The van der Waals surface area contributed by atoms with E-state index in [9.17, 15) is 19.4 Å². The number of nitrogens with zero attached hydrogens (tertiary/aromatic N) is 1. The van der Waals surface area contributed by atoms with E-state index in [-0.39, 0.29) is 19.1 Å². The highest BCUT2D eigenvalue weighted by Gasteiger charge is 2.28. The zero-order valence-electron chi connectivity index (χ0n) is 55.4. The SMILES string of the molecule is CC/C=C\C/C=C\C/C=C\C/C=C\C/C=C\CCCCCCCCCCCCCCCCCCCCCC(=O)NC(COP(=O)(O)OCC[N+](C)(C)C)C(O)/C=C/CC/C=C/CCCCCCCCCCCCCCCCCCCCCC. The van der Waals surface area contributed by atoms with Crippen LogP contribution in [0.1, 0.15) is 328 Å². The Kier molecular flexibility index (Phi) is 62.4. The highest BCUT2D eigenvalue weighted by Crippen LogP contribution is 2.43.